The van der Waals surface area contributed by atoms with Crippen LogP contribution in [0.15, 0.2) is 52.2 Å². The number of nitrogens with zero attached hydrogens (tertiary/aromatic N) is 1. The van der Waals surface area contributed by atoms with Crippen LogP contribution < -0.4 is 10.2 Å². The number of ether oxygens (including phenoxy) is 1. The zero-order chi connectivity index (χ0) is 14.4. The summed E-state index contributed by atoms with van der Waals surface area (Å²) in [6.07, 6.45) is 1.54. The third kappa shape index (κ3) is 4.13. The Morgan fingerprint density at radius 1 is 1.35 bits per heavy atom. The molecule has 1 heterocycles. The van der Waals surface area contributed by atoms with Crippen molar-refractivity contribution >= 4 is 23.2 Å². The first-order chi connectivity index (χ1) is 9.65. The smallest absolute Gasteiger partial charge is 0.277 e. The summed E-state index contributed by atoms with van der Waals surface area (Å²) in [4.78, 5) is 11.6. The van der Waals surface area contributed by atoms with Gasteiger partial charge in [0.2, 0.25) is 0 Å². The van der Waals surface area contributed by atoms with Gasteiger partial charge in [0.15, 0.2) is 6.61 Å². The van der Waals surface area contributed by atoms with Crippen LogP contribution in [0.5, 0.6) is 5.75 Å². The summed E-state index contributed by atoms with van der Waals surface area (Å²) < 4.78 is 10.4. The minimum absolute atomic E-state index is 0.128. The van der Waals surface area contributed by atoms with Crippen LogP contribution in [0.2, 0.25) is 5.02 Å². The minimum Gasteiger partial charge on any atom is -0.484 e. The van der Waals surface area contributed by atoms with Gasteiger partial charge in [0.05, 0.1) is 6.26 Å². The first-order valence-corrected chi connectivity index (χ1v) is 6.28. The molecule has 1 N–H and O–H groups in total. The van der Waals surface area contributed by atoms with Crippen molar-refractivity contribution in [3.8, 4) is 5.75 Å². The molecule has 0 atom stereocenters. The fraction of sp³-hybridized carbons (Fsp3) is 0.143. The van der Waals surface area contributed by atoms with Gasteiger partial charge in [-0.2, -0.15) is 5.10 Å². The quantitative estimate of drug-likeness (QED) is 0.681. The predicted octanol–water partition coefficient (Wildman–Crippen LogP) is 2.85. The van der Waals surface area contributed by atoms with E-state index in [1.807, 2.05) is 0 Å². The lowest BCUT2D eigenvalue weighted by Gasteiger charge is -2.05. The van der Waals surface area contributed by atoms with Crippen molar-refractivity contribution in [1.82, 2.24) is 5.43 Å². The van der Waals surface area contributed by atoms with E-state index in [-0.39, 0.29) is 12.5 Å². The van der Waals surface area contributed by atoms with Crippen molar-refractivity contribution in [1.29, 1.82) is 0 Å². The van der Waals surface area contributed by atoms with Crippen molar-refractivity contribution in [2.45, 2.75) is 6.92 Å². The standard InChI is InChI=1S/C14H13ClN2O3/c1-10(13-3-2-8-19-13)16-17-14(18)9-20-12-6-4-11(15)5-7-12/h2-8H,9H2,1H3,(H,17,18)/b16-10+. The molecule has 0 saturated carbocycles. The monoisotopic (exact) mass is 292 g/mol. The number of benzene rings is 1. The SMILES string of the molecule is C/C(=N\NC(=O)COc1ccc(Cl)cc1)c1ccco1. The summed E-state index contributed by atoms with van der Waals surface area (Å²) in [6.45, 7) is 1.61. The fourth-order valence-corrected chi connectivity index (χ4v) is 1.52. The zero-order valence-corrected chi connectivity index (χ0v) is 11.6. The Morgan fingerprint density at radius 2 is 2.10 bits per heavy atom. The highest BCUT2D eigenvalue weighted by Crippen LogP contribution is 2.15. The molecule has 0 radical (unpaired) electrons. The van der Waals surface area contributed by atoms with Gasteiger partial charge >= 0.3 is 0 Å². The number of halogens is 1. The summed E-state index contributed by atoms with van der Waals surface area (Å²) in [6, 6.07) is 10.3. The molecule has 20 heavy (non-hydrogen) atoms. The van der Waals surface area contributed by atoms with Crippen molar-refractivity contribution in [2.24, 2.45) is 5.10 Å². The number of hydrogen-bond acceptors (Lipinski definition) is 4. The van der Waals surface area contributed by atoms with Gasteiger partial charge in [-0.05, 0) is 43.3 Å². The van der Waals surface area contributed by atoms with E-state index < -0.39 is 0 Å². The van der Waals surface area contributed by atoms with E-state index >= 15 is 0 Å². The highest BCUT2D eigenvalue weighted by molar-refractivity contribution is 6.30. The number of hydrogen-bond donors (Lipinski definition) is 1. The largest absolute Gasteiger partial charge is 0.484 e. The third-order valence-electron chi connectivity index (χ3n) is 2.41. The predicted molar refractivity (Wildman–Crippen MR) is 76.0 cm³/mol. The van der Waals surface area contributed by atoms with Gasteiger partial charge in [-0.25, -0.2) is 5.43 Å². The molecule has 0 aliphatic rings. The van der Waals surface area contributed by atoms with Crippen LogP contribution in [0.25, 0.3) is 0 Å². The van der Waals surface area contributed by atoms with Crippen LogP contribution in [-0.2, 0) is 4.79 Å². The molecule has 6 heteroatoms. The molecule has 2 aromatic rings. The van der Waals surface area contributed by atoms with Crippen LogP contribution in [0, 0.1) is 0 Å². The van der Waals surface area contributed by atoms with Gasteiger partial charge in [0.1, 0.15) is 17.2 Å². The molecule has 0 fully saturated rings. The van der Waals surface area contributed by atoms with E-state index in [0.29, 0.717) is 22.2 Å². The van der Waals surface area contributed by atoms with E-state index in [4.69, 9.17) is 20.8 Å². The molecule has 1 amide bonds. The van der Waals surface area contributed by atoms with Gasteiger partial charge in [-0.15, -0.1) is 0 Å². The molecule has 1 aromatic heterocycles. The molecule has 0 saturated heterocycles. The average Bonchev–Trinajstić information content (AvgIpc) is 2.98. The first-order valence-electron chi connectivity index (χ1n) is 5.90. The highest BCUT2D eigenvalue weighted by Gasteiger charge is 2.04. The van der Waals surface area contributed by atoms with Crippen LogP contribution in [-0.4, -0.2) is 18.2 Å². The lowest BCUT2D eigenvalue weighted by molar-refractivity contribution is -0.123. The molecule has 0 aliphatic carbocycles. The molecule has 0 spiro atoms. The Morgan fingerprint density at radius 3 is 2.75 bits per heavy atom. The summed E-state index contributed by atoms with van der Waals surface area (Å²) in [5, 5.41) is 4.53. The summed E-state index contributed by atoms with van der Waals surface area (Å²) in [7, 11) is 0. The maximum absolute atomic E-state index is 11.6. The number of nitrogens with one attached hydrogen (secondary N) is 1. The minimum atomic E-state index is -0.356. The average molecular weight is 293 g/mol. The molecule has 0 aliphatic heterocycles. The molecule has 104 valence electrons. The Balaban J connectivity index is 1.81. The number of hydrazone groups is 1. The maximum atomic E-state index is 11.6. The van der Waals surface area contributed by atoms with E-state index in [0.717, 1.165) is 0 Å². The van der Waals surface area contributed by atoms with E-state index in [9.17, 15) is 4.79 Å². The Bertz CT molecular complexity index is 591. The van der Waals surface area contributed by atoms with Crippen molar-refractivity contribution in [3.63, 3.8) is 0 Å². The summed E-state index contributed by atoms with van der Waals surface area (Å²) in [5.74, 6) is 0.811. The molecular weight excluding hydrogens is 280 g/mol. The Labute approximate surface area is 121 Å². The zero-order valence-electron chi connectivity index (χ0n) is 10.8. The molecule has 2 rings (SSSR count). The molecule has 5 nitrogen and oxygen atoms in total. The second-order valence-corrected chi connectivity index (χ2v) is 4.39. The molecular formula is C14H13ClN2O3. The molecule has 0 bridgehead atoms. The number of carbonyl (C=O) groups excluding carboxylic acids is 1. The number of furan rings is 1. The topological polar surface area (TPSA) is 63.8 Å². The highest BCUT2D eigenvalue weighted by atomic mass is 35.5. The van der Waals surface area contributed by atoms with Crippen molar-refractivity contribution in [2.75, 3.05) is 6.61 Å². The van der Waals surface area contributed by atoms with E-state index in [2.05, 4.69) is 10.5 Å². The molecule has 0 unspecified atom stereocenters. The first kappa shape index (κ1) is 14.1. The number of carbonyl (C=O) groups is 1. The second kappa shape index (κ2) is 6.77. The van der Waals surface area contributed by atoms with Gasteiger partial charge in [0.25, 0.3) is 5.91 Å². The second-order valence-electron chi connectivity index (χ2n) is 3.95. The third-order valence-corrected chi connectivity index (χ3v) is 2.66. The van der Waals surface area contributed by atoms with Crippen LogP contribution in [0.1, 0.15) is 12.7 Å². The molecule has 1 aromatic carbocycles. The Hall–Kier alpha value is -2.27. The van der Waals surface area contributed by atoms with Crippen LogP contribution in [0.4, 0.5) is 0 Å². The van der Waals surface area contributed by atoms with E-state index in [1.54, 1.807) is 49.6 Å². The van der Waals surface area contributed by atoms with Crippen LogP contribution >= 0.6 is 11.6 Å². The normalized spacial score (nSPS) is 11.2. The number of rotatable bonds is 5. The summed E-state index contributed by atoms with van der Waals surface area (Å²) in [5.41, 5.74) is 2.97. The summed E-state index contributed by atoms with van der Waals surface area (Å²) >= 11 is 5.75. The van der Waals surface area contributed by atoms with Crippen molar-refractivity contribution in [3.05, 3.63) is 53.4 Å². The lowest BCUT2D eigenvalue weighted by Crippen LogP contribution is -2.25. The van der Waals surface area contributed by atoms with Crippen molar-refractivity contribution < 1.29 is 13.9 Å². The maximum Gasteiger partial charge on any atom is 0.277 e. The fourth-order valence-electron chi connectivity index (χ4n) is 1.40. The van der Waals surface area contributed by atoms with Gasteiger partial charge < -0.3 is 9.15 Å². The van der Waals surface area contributed by atoms with Gasteiger partial charge in [-0.3, -0.25) is 4.79 Å². The van der Waals surface area contributed by atoms with Gasteiger partial charge in [-0.1, -0.05) is 11.6 Å². The Kier molecular flexibility index (Phi) is 4.79. The van der Waals surface area contributed by atoms with Crippen LogP contribution in [0.3, 0.4) is 0 Å². The van der Waals surface area contributed by atoms with Gasteiger partial charge in [0, 0.05) is 5.02 Å². The number of amides is 1. The lowest BCUT2D eigenvalue weighted by atomic mass is 10.3. The van der Waals surface area contributed by atoms with E-state index in [1.165, 1.54) is 0 Å².